The lowest BCUT2D eigenvalue weighted by Gasteiger charge is -2.50. The van der Waals surface area contributed by atoms with Crippen molar-refractivity contribution in [1.29, 1.82) is 0 Å². The molecule has 5 atom stereocenters. The average molecular weight is 872 g/mol. The van der Waals surface area contributed by atoms with E-state index in [2.05, 4.69) is 35.7 Å². The van der Waals surface area contributed by atoms with Crippen LogP contribution in [0.1, 0.15) is 81.8 Å². The maximum absolute atomic E-state index is 13.2. The molecule has 1 aromatic carbocycles. The molecule has 1 unspecified atom stereocenters. The van der Waals surface area contributed by atoms with Gasteiger partial charge in [0, 0.05) is 50.4 Å². The Hall–Kier alpha value is -1.15. The van der Waals surface area contributed by atoms with Crippen LogP contribution in [0.5, 0.6) is 5.75 Å². The smallest absolute Gasteiger partial charge is 0.435 e. The summed E-state index contributed by atoms with van der Waals surface area (Å²) >= 11 is 0. The predicted octanol–water partition coefficient (Wildman–Crippen LogP) is 9.24. The van der Waals surface area contributed by atoms with Crippen LogP contribution in [0.15, 0.2) is 18.2 Å². The van der Waals surface area contributed by atoms with Gasteiger partial charge in [0.15, 0.2) is 0 Å². The van der Waals surface area contributed by atoms with E-state index in [4.69, 9.17) is 24.4 Å². The number of fused-ring (bicyclic) bond motifs is 5. The first kappa shape index (κ1) is 48.5. The third kappa shape index (κ3) is 12.2. The first-order valence-electron chi connectivity index (χ1n) is 19.8. The number of hydrogen-bond donors (Lipinski definition) is 2. The Kier molecular flexibility index (Phi) is 18.4. The summed E-state index contributed by atoms with van der Waals surface area (Å²) in [5.41, 5.74) is -3.92. The molecule has 0 saturated heterocycles. The summed E-state index contributed by atoms with van der Waals surface area (Å²) in [6.45, 7) is 4.04. The lowest BCUT2D eigenvalue weighted by Crippen LogP contribution is -2.67. The molecule has 2 fully saturated rings. The molecule has 0 amide bonds. The van der Waals surface area contributed by atoms with Crippen LogP contribution in [-0.2, 0) is 20.6 Å². The van der Waals surface area contributed by atoms with Gasteiger partial charge in [-0.25, -0.2) is 0 Å². The van der Waals surface area contributed by atoms with Gasteiger partial charge in [0.05, 0.1) is 19.3 Å². The minimum atomic E-state index is -6.74. The summed E-state index contributed by atoms with van der Waals surface area (Å²) < 4.78 is 140. The van der Waals surface area contributed by atoms with Crippen molar-refractivity contribution in [3.05, 3.63) is 29.3 Å². The molecule has 18 heteroatoms. The van der Waals surface area contributed by atoms with Crippen LogP contribution in [0.4, 0.5) is 39.5 Å². The summed E-state index contributed by atoms with van der Waals surface area (Å²) in [6, 6.07) is 6.34. The maximum atomic E-state index is 13.2. The van der Waals surface area contributed by atoms with E-state index in [0.717, 1.165) is 81.7 Å². The fourth-order valence-corrected chi connectivity index (χ4v) is 10.9. The first-order chi connectivity index (χ1) is 26.9. The van der Waals surface area contributed by atoms with Crippen molar-refractivity contribution < 1.29 is 68.7 Å². The molecule has 7 nitrogen and oxygen atoms in total. The number of nitrogens with zero attached hydrogens (tertiary/aromatic N) is 1. The molecule has 57 heavy (non-hydrogen) atoms. The lowest BCUT2D eigenvalue weighted by atomic mass is 9.55. The molecule has 0 aliphatic heterocycles. The van der Waals surface area contributed by atoms with Gasteiger partial charge in [0.2, 0.25) is 0 Å². The summed E-state index contributed by atoms with van der Waals surface area (Å²) in [6.07, 6.45) is -13.4. The number of halogens is 9. The van der Waals surface area contributed by atoms with Crippen molar-refractivity contribution in [3.63, 3.8) is 0 Å². The molecule has 0 bridgehead atoms. The normalized spacial score (nSPS) is 24.2. The third-order valence-electron chi connectivity index (χ3n) is 12.1. The fourth-order valence-electron chi connectivity index (χ4n) is 8.96. The van der Waals surface area contributed by atoms with Gasteiger partial charge in [-0.15, -0.1) is 0 Å². The Morgan fingerprint density at radius 1 is 0.807 bits per heavy atom. The van der Waals surface area contributed by atoms with Crippen molar-refractivity contribution in [2.24, 2.45) is 23.2 Å². The summed E-state index contributed by atoms with van der Waals surface area (Å²) in [5, 5.41) is 18.2. The van der Waals surface area contributed by atoms with Crippen LogP contribution in [0.2, 0.25) is 0 Å². The van der Waals surface area contributed by atoms with Gasteiger partial charge in [-0.05, 0) is 124 Å². The second-order valence-electron chi connectivity index (χ2n) is 15.8. The van der Waals surface area contributed by atoms with Crippen LogP contribution in [-0.4, -0.2) is 123 Å². The molecule has 3 aliphatic carbocycles. The quantitative estimate of drug-likeness (QED) is 0.0601. The van der Waals surface area contributed by atoms with Gasteiger partial charge in [-0.1, -0.05) is 34.6 Å². The number of aryl methyl sites for hydroxylation is 1. The molecule has 1 aromatic rings. The number of aliphatic hydroxyl groups excluding tert-OH is 2. The SMILES string of the molecule is CN(CCCSSCCOCCCC(CO)CO)CCOc1ccc2c(c1)CCC1[C@@H]2CC[C@]2(C)[C@@H](OCCCOC(C(F)(F)F)(C(F)(F)F)C(F)(F)F)CC[C@@H]12. The molecule has 2 saturated carbocycles. The molecule has 330 valence electrons. The van der Waals surface area contributed by atoms with Gasteiger partial charge >= 0.3 is 24.1 Å². The van der Waals surface area contributed by atoms with Gasteiger partial charge in [0.1, 0.15) is 12.4 Å². The van der Waals surface area contributed by atoms with Gasteiger partial charge in [-0.2, -0.15) is 39.5 Å². The molecule has 3 aliphatic rings. The Labute approximate surface area is 337 Å². The summed E-state index contributed by atoms with van der Waals surface area (Å²) in [7, 11) is 5.73. The molecule has 2 N–H and O–H groups in total. The zero-order valence-corrected chi connectivity index (χ0v) is 34.3. The highest BCUT2D eigenvalue weighted by Gasteiger charge is 2.85. The number of hydrogen-bond acceptors (Lipinski definition) is 9. The van der Waals surface area contributed by atoms with E-state index in [1.807, 2.05) is 16.9 Å². The van der Waals surface area contributed by atoms with Crippen molar-refractivity contribution in [3.8, 4) is 5.75 Å². The molecule has 0 spiro atoms. The fraction of sp³-hybridized carbons (Fsp3) is 0.846. The highest BCUT2D eigenvalue weighted by Crippen LogP contribution is 2.62. The first-order valence-corrected chi connectivity index (χ1v) is 22.3. The van der Waals surface area contributed by atoms with E-state index in [1.165, 1.54) is 11.1 Å². The zero-order valence-electron chi connectivity index (χ0n) is 32.7. The van der Waals surface area contributed by atoms with E-state index in [0.29, 0.717) is 44.0 Å². The Bertz CT molecular complexity index is 1320. The van der Waals surface area contributed by atoms with Crippen LogP contribution < -0.4 is 4.74 Å². The van der Waals surface area contributed by atoms with E-state index < -0.39 is 37.2 Å². The molecule has 4 rings (SSSR count). The van der Waals surface area contributed by atoms with Crippen molar-refractivity contribution in [2.75, 3.05) is 77.9 Å². The molecular weight excluding hydrogens is 814 g/mol. The minimum absolute atomic E-state index is 0.00175. The van der Waals surface area contributed by atoms with Crippen LogP contribution in [0.3, 0.4) is 0 Å². The van der Waals surface area contributed by atoms with E-state index >= 15 is 0 Å². The van der Waals surface area contributed by atoms with E-state index in [-0.39, 0.29) is 37.3 Å². The van der Waals surface area contributed by atoms with Gasteiger partial charge < -0.3 is 34.1 Å². The number of ether oxygens (including phenoxy) is 4. The largest absolute Gasteiger partial charge is 0.492 e. The molecule has 0 radical (unpaired) electrons. The monoisotopic (exact) mass is 871 g/mol. The standard InChI is InChI=1S/C39H58F9NO6S2/c1-35-14-13-31-30-10-8-29(53-20-16-49(2)15-4-22-56-57-23-21-52-17-3-6-27(25-50)26-51)24-28(30)7-9-32(31)33(35)11-12-34(35)54-18-5-19-55-36(37(40,41)42,38(43,44)45)39(46,47)48/h8,10,24,27,31-34,50-51H,3-7,9,11-23,25-26H2,1-2H3/t31-,32?,33+,34+,35+/m1/s1. The lowest BCUT2D eigenvalue weighted by molar-refractivity contribution is -0.457. The van der Waals surface area contributed by atoms with Gasteiger partial charge in [-0.3, -0.25) is 0 Å². The van der Waals surface area contributed by atoms with Crippen LogP contribution in [0, 0.1) is 23.2 Å². The number of benzene rings is 1. The molecule has 0 heterocycles. The molecular formula is C39H58F9NO6S2. The molecule has 0 aromatic heterocycles. The average Bonchev–Trinajstić information content (AvgIpc) is 3.47. The Morgan fingerprint density at radius 2 is 1.51 bits per heavy atom. The highest BCUT2D eigenvalue weighted by molar-refractivity contribution is 8.76. The van der Waals surface area contributed by atoms with Crippen molar-refractivity contribution >= 4 is 21.6 Å². The van der Waals surface area contributed by atoms with Gasteiger partial charge in [0.25, 0.3) is 0 Å². The third-order valence-corrected chi connectivity index (χ3v) is 14.5. The number of alkyl halides is 9. The Morgan fingerprint density at radius 3 is 2.19 bits per heavy atom. The maximum Gasteiger partial charge on any atom is 0.435 e. The zero-order chi connectivity index (χ0) is 41.9. The van der Waals surface area contributed by atoms with Crippen LogP contribution in [0.25, 0.3) is 0 Å². The second kappa shape index (κ2) is 21.6. The van der Waals surface area contributed by atoms with E-state index in [9.17, 15) is 39.5 Å². The van der Waals surface area contributed by atoms with Crippen LogP contribution >= 0.6 is 21.6 Å². The Balaban J connectivity index is 1.14. The topological polar surface area (TPSA) is 80.6 Å². The minimum Gasteiger partial charge on any atom is -0.492 e. The number of rotatable bonds is 24. The second-order valence-corrected chi connectivity index (χ2v) is 18.5. The number of likely N-dealkylation sites (N-methyl/N-ethyl adjacent to an activating group) is 1. The highest BCUT2D eigenvalue weighted by atomic mass is 33.1. The van der Waals surface area contributed by atoms with E-state index in [1.54, 1.807) is 10.8 Å². The number of aliphatic hydroxyl groups is 2. The van der Waals surface area contributed by atoms with Crippen molar-refractivity contribution in [2.45, 2.75) is 107 Å². The summed E-state index contributed by atoms with van der Waals surface area (Å²) in [4.78, 5) is 2.26. The summed E-state index contributed by atoms with van der Waals surface area (Å²) in [5.74, 6) is 3.78. The predicted molar refractivity (Wildman–Crippen MR) is 203 cm³/mol. The van der Waals surface area contributed by atoms with Crippen molar-refractivity contribution in [1.82, 2.24) is 4.90 Å².